The van der Waals surface area contributed by atoms with Crippen LogP contribution in [0.5, 0.6) is 5.75 Å². The van der Waals surface area contributed by atoms with E-state index in [0.717, 1.165) is 0 Å². The first kappa shape index (κ1) is 15.2. The maximum absolute atomic E-state index is 11.3. The van der Waals surface area contributed by atoms with E-state index in [1.807, 2.05) is 6.92 Å². The predicted octanol–water partition coefficient (Wildman–Crippen LogP) is 2.33. The number of tetrazole rings is 1. The Bertz CT molecular complexity index is 600. The molecule has 2 rings (SSSR count). The molecule has 1 unspecified atom stereocenters. The average Bonchev–Trinajstić information content (AvgIpc) is 2.92. The molecule has 7 nitrogen and oxygen atoms in total. The van der Waals surface area contributed by atoms with Gasteiger partial charge in [0.15, 0.2) is 11.9 Å². The van der Waals surface area contributed by atoms with Crippen molar-refractivity contribution in [3.8, 4) is 5.75 Å². The van der Waals surface area contributed by atoms with Crippen LogP contribution in [0.25, 0.3) is 0 Å². The first-order chi connectivity index (χ1) is 10.1. The van der Waals surface area contributed by atoms with Gasteiger partial charge in [0.1, 0.15) is 12.4 Å². The van der Waals surface area contributed by atoms with Gasteiger partial charge in [-0.25, -0.2) is 9.48 Å². The molecular formula is C13H15ClN4O3. The van der Waals surface area contributed by atoms with Gasteiger partial charge in [0.2, 0.25) is 0 Å². The summed E-state index contributed by atoms with van der Waals surface area (Å²) >= 11 is 5.79. The van der Waals surface area contributed by atoms with Crippen molar-refractivity contribution in [3.05, 3.63) is 35.1 Å². The molecule has 2 aromatic rings. The number of carboxylic acids is 1. The number of hydrogen-bond donors (Lipinski definition) is 1. The van der Waals surface area contributed by atoms with Crippen LogP contribution in [0.4, 0.5) is 0 Å². The van der Waals surface area contributed by atoms with Gasteiger partial charge in [-0.2, -0.15) is 0 Å². The standard InChI is InChI=1S/C13H15ClN4O3/c1-2-3-11(13(19)20)18-12(15-16-17-18)8-21-10-6-4-9(14)5-7-10/h4-7,11H,2-3,8H2,1H3,(H,19,20). The second kappa shape index (κ2) is 7.03. The summed E-state index contributed by atoms with van der Waals surface area (Å²) in [5, 5.41) is 21.0. The van der Waals surface area contributed by atoms with Gasteiger partial charge in [0.05, 0.1) is 0 Å². The van der Waals surface area contributed by atoms with E-state index < -0.39 is 12.0 Å². The predicted molar refractivity (Wildman–Crippen MR) is 75.2 cm³/mol. The molecule has 0 aliphatic rings. The number of benzene rings is 1. The van der Waals surface area contributed by atoms with E-state index >= 15 is 0 Å². The summed E-state index contributed by atoms with van der Waals surface area (Å²) in [6.07, 6.45) is 1.17. The van der Waals surface area contributed by atoms with Gasteiger partial charge in [0, 0.05) is 5.02 Å². The number of hydrogen-bond acceptors (Lipinski definition) is 5. The van der Waals surface area contributed by atoms with E-state index in [1.54, 1.807) is 24.3 Å². The average molecular weight is 311 g/mol. The molecule has 0 fully saturated rings. The van der Waals surface area contributed by atoms with Crippen molar-refractivity contribution in [2.45, 2.75) is 32.4 Å². The monoisotopic (exact) mass is 310 g/mol. The van der Waals surface area contributed by atoms with Crippen LogP contribution in [0.2, 0.25) is 5.02 Å². The summed E-state index contributed by atoms with van der Waals surface area (Å²) < 4.78 is 6.83. The lowest BCUT2D eigenvalue weighted by Gasteiger charge is -2.13. The van der Waals surface area contributed by atoms with Gasteiger partial charge in [-0.15, -0.1) is 5.10 Å². The van der Waals surface area contributed by atoms with Gasteiger partial charge in [0.25, 0.3) is 0 Å². The summed E-state index contributed by atoms with van der Waals surface area (Å²) in [6.45, 7) is 1.99. The summed E-state index contributed by atoms with van der Waals surface area (Å²) in [5.41, 5.74) is 0. The van der Waals surface area contributed by atoms with Crippen LogP contribution in [-0.4, -0.2) is 31.3 Å². The summed E-state index contributed by atoms with van der Waals surface area (Å²) in [5.74, 6) is 0.0130. The molecule has 1 aromatic carbocycles. The van der Waals surface area contributed by atoms with Crippen molar-refractivity contribution >= 4 is 17.6 Å². The molecule has 0 spiro atoms. The number of carboxylic acid groups (broad SMARTS) is 1. The fraction of sp³-hybridized carbons (Fsp3) is 0.385. The number of halogens is 1. The molecule has 1 atom stereocenters. The Morgan fingerprint density at radius 3 is 2.76 bits per heavy atom. The maximum Gasteiger partial charge on any atom is 0.328 e. The van der Waals surface area contributed by atoms with Gasteiger partial charge < -0.3 is 9.84 Å². The van der Waals surface area contributed by atoms with Crippen molar-refractivity contribution < 1.29 is 14.6 Å². The molecule has 8 heteroatoms. The SMILES string of the molecule is CCCC(C(=O)O)n1nnnc1COc1ccc(Cl)cc1. The zero-order chi connectivity index (χ0) is 15.2. The Morgan fingerprint density at radius 1 is 1.43 bits per heavy atom. The van der Waals surface area contributed by atoms with E-state index in [-0.39, 0.29) is 6.61 Å². The number of carbonyl (C=O) groups is 1. The minimum atomic E-state index is -0.961. The molecule has 0 bridgehead atoms. The van der Waals surface area contributed by atoms with Crippen molar-refractivity contribution in [3.63, 3.8) is 0 Å². The molecule has 0 saturated heterocycles. The Balaban J connectivity index is 2.09. The quantitative estimate of drug-likeness (QED) is 0.844. The minimum absolute atomic E-state index is 0.0854. The van der Waals surface area contributed by atoms with Crippen LogP contribution in [0.3, 0.4) is 0 Å². The Kier molecular flexibility index (Phi) is 5.10. The molecule has 0 aliphatic heterocycles. The Morgan fingerprint density at radius 2 is 2.14 bits per heavy atom. The number of rotatable bonds is 7. The van der Waals surface area contributed by atoms with Crippen molar-refractivity contribution in [1.82, 2.24) is 20.2 Å². The van der Waals surface area contributed by atoms with E-state index in [2.05, 4.69) is 15.5 Å². The first-order valence-corrected chi connectivity index (χ1v) is 6.87. The number of nitrogens with zero attached hydrogens (tertiary/aromatic N) is 4. The molecule has 1 heterocycles. The second-order valence-corrected chi connectivity index (χ2v) is 4.86. The van der Waals surface area contributed by atoms with E-state index in [0.29, 0.717) is 29.4 Å². The highest BCUT2D eigenvalue weighted by molar-refractivity contribution is 6.30. The number of aliphatic carboxylic acids is 1. The molecule has 1 N–H and O–H groups in total. The maximum atomic E-state index is 11.3. The Labute approximate surface area is 126 Å². The third-order valence-corrected chi connectivity index (χ3v) is 3.14. The highest BCUT2D eigenvalue weighted by Gasteiger charge is 2.23. The van der Waals surface area contributed by atoms with Gasteiger partial charge >= 0.3 is 5.97 Å². The van der Waals surface area contributed by atoms with Crippen LogP contribution in [-0.2, 0) is 11.4 Å². The fourth-order valence-corrected chi connectivity index (χ4v) is 1.98. The summed E-state index contributed by atoms with van der Waals surface area (Å²) in [6, 6.07) is 6.07. The third-order valence-electron chi connectivity index (χ3n) is 2.88. The number of ether oxygens (including phenoxy) is 1. The smallest absolute Gasteiger partial charge is 0.328 e. The van der Waals surface area contributed by atoms with Crippen molar-refractivity contribution in [2.75, 3.05) is 0 Å². The lowest BCUT2D eigenvalue weighted by atomic mass is 10.2. The van der Waals surface area contributed by atoms with Crippen molar-refractivity contribution in [1.29, 1.82) is 0 Å². The lowest BCUT2D eigenvalue weighted by molar-refractivity contribution is -0.141. The van der Waals surface area contributed by atoms with Crippen molar-refractivity contribution in [2.24, 2.45) is 0 Å². The zero-order valence-electron chi connectivity index (χ0n) is 11.4. The molecule has 0 aliphatic carbocycles. The topological polar surface area (TPSA) is 90.1 Å². The molecule has 0 radical (unpaired) electrons. The Hall–Kier alpha value is -2.15. The fourth-order valence-electron chi connectivity index (χ4n) is 1.85. The molecule has 21 heavy (non-hydrogen) atoms. The van der Waals surface area contributed by atoms with Crippen LogP contribution < -0.4 is 4.74 Å². The van der Waals surface area contributed by atoms with Gasteiger partial charge in [-0.05, 0) is 41.1 Å². The normalized spacial score (nSPS) is 12.1. The largest absolute Gasteiger partial charge is 0.486 e. The van der Waals surface area contributed by atoms with Crippen LogP contribution in [0, 0.1) is 0 Å². The highest BCUT2D eigenvalue weighted by Crippen LogP contribution is 2.18. The van der Waals surface area contributed by atoms with E-state index in [1.165, 1.54) is 4.68 Å². The van der Waals surface area contributed by atoms with Crippen LogP contribution >= 0.6 is 11.6 Å². The third kappa shape index (κ3) is 3.91. The van der Waals surface area contributed by atoms with Crippen LogP contribution in [0.1, 0.15) is 31.6 Å². The number of aromatic nitrogens is 4. The summed E-state index contributed by atoms with van der Waals surface area (Å²) in [4.78, 5) is 11.3. The zero-order valence-corrected chi connectivity index (χ0v) is 12.2. The lowest BCUT2D eigenvalue weighted by Crippen LogP contribution is -2.23. The molecule has 1 aromatic heterocycles. The van der Waals surface area contributed by atoms with E-state index in [4.69, 9.17) is 16.3 Å². The molecule has 0 amide bonds. The van der Waals surface area contributed by atoms with Gasteiger partial charge in [-0.1, -0.05) is 24.9 Å². The minimum Gasteiger partial charge on any atom is -0.486 e. The highest BCUT2D eigenvalue weighted by atomic mass is 35.5. The first-order valence-electron chi connectivity index (χ1n) is 6.49. The molecule has 0 saturated carbocycles. The molecular weight excluding hydrogens is 296 g/mol. The second-order valence-electron chi connectivity index (χ2n) is 4.42. The van der Waals surface area contributed by atoms with Crippen LogP contribution in [0.15, 0.2) is 24.3 Å². The van der Waals surface area contributed by atoms with E-state index in [9.17, 15) is 9.90 Å². The molecule has 112 valence electrons. The summed E-state index contributed by atoms with van der Waals surface area (Å²) in [7, 11) is 0. The van der Waals surface area contributed by atoms with Gasteiger partial charge in [-0.3, -0.25) is 0 Å².